The molecule has 0 saturated carbocycles. The van der Waals surface area contributed by atoms with Crippen molar-refractivity contribution >= 4 is 17.5 Å². The summed E-state index contributed by atoms with van der Waals surface area (Å²) in [7, 11) is 0. The molecule has 0 fully saturated rings. The number of aromatic hydroxyl groups is 1. The molecule has 2 heterocycles. The second kappa shape index (κ2) is 6.48. The molecule has 7 heteroatoms. The third-order valence-corrected chi connectivity index (χ3v) is 4.34. The van der Waals surface area contributed by atoms with E-state index in [1.165, 1.54) is 0 Å². The van der Waals surface area contributed by atoms with Crippen LogP contribution in [0.3, 0.4) is 0 Å². The average Bonchev–Trinajstić information content (AvgIpc) is 2.60. The van der Waals surface area contributed by atoms with Crippen LogP contribution in [0.2, 0.25) is 5.02 Å². The molecule has 0 spiro atoms. The summed E-state index contributed by atoms with van der Waals surface area (Å²) >= 11 is 6.25. The first-order valence-corrected chi connectivity index (χ1v) is 8.37. The molecule has 0 unspecified atom stereocenters. The lowest BCUT2D eigenvalue weighted by Gasteiger charge is -2.21. The molecule has 6 nitrogen and oxygen atoms in total. The van der Waals surface area contributed by atoms with Gasteiger partial charge in [-0.2, -0.15) is 0 Å². The highest BCUT2D eigenvalue weighted by molar-refractivity contribution is 6.31. The van der Waals surface area contributed by atoms with Crippen LogP contribution in [0.25, 0.3) is 22.5 Å². The predicted octanol–water partition coefficient (Wildman–Crippen LogP) is 3.93. The number of aryl methyl sites for hydroxylation is 1. The van der Waals surface area contributed by atoms with Crippen molar-refractivity contribution in [2.75, 3.05) is 12.5 Å². The lowest BCUT2D eigenvalue weighted by Crippen LogP contribution is -2.12. The molecule has 1 aliphatic rings. The molecule has 0 saturated heterocycles. The van der Waals surface area contributed by atoms with Gasteiger partial charge in [0.25, 0.3) is 0 Å². The summed E-state index contributed by atoms with van der Waals surface area (Å²) in [6, 6.07) is 10.7. The number of aromatic nitrogens is 2. The number of nitrogens with two attached hydrogens (primary N) is 1. The molecule has 0 atom stereocenters. The maximum Gasteiger partial charge on any atom is 0.221 e. The van der Waals surface area contributed by atoms with Crippen LogP contribution in [0.5, 0.6) is 11.5 Å². The maximum absolute atomic E-state index is 10.3. The summed E-state index contributed by atoms with van der Waals surface area (Å²) in [6.07, 6.45) is 0. The van der Waals surface area contributed by atoms with Crippen LogP contribution in [-0.4, -0.2) is 21.9 Å². The van der Waals surface area contributed by atoms with Gasteiger partial charge in [-0.1, -0.05) is 17.7 Å². The van der Waals surface area contributed by atoms with Crippen LogP contribution in [0, 0.1) is 6.92 Å². The standard InChI is InChI=1S/C19H16ClN3O3/c1-10-2-3-13(17(24)4-10)15-7-16(23-19(21)22-15)14-6-12(20)5-11-8-25-9-26-18(11)14/h2-7,24H,8-9H2,1H3,(H2,21,22,23). The van der Waals surface area contributed by atoms with Crippen molar-refractivity contribution in [2.45, 2.75) is 13.5 Å². The van der Waals surface area contributed by atoms with E-state index in [0.717, 1.165) is 11.1 Å². The minimum atomic E-state index is 0.0956. The van der Waals surface area contributed by atoms with Crippen LogP contribution in [0.1, 0.15) is 11.1 Å². The van der Waals surface area contributed by atoms with Crippen molar-refractivity contribution in [1.29, 1.82) is 0 Å². The number of nitrogens with zero attached hydrogens (tertiary/aromatic N) is 2. The first kappa shape index (κ1) is 16.6. The van der Waals surface area contributed by atoms with E-state index in [9.17, 15) is 5.11 Å². The van der Waals surface area contributed by atoms with Gasteiger partial charge in [0.15, 0.2) is 6.79 Å². The van der Waals surface area contributed by atoms with Gasteiger partial charge >= 0.3 is 0 Å². The Morgan fingerprint density at radius 1 is 1.08 bits per heavy atom. The number of ether oxygens (including phenoxy) is 2. The fourth-order valence-corrected chi connectivity index (χ4v) is 3.21. The first-order chi connectivity index (χ1) is 12.5. The van der Waals surface area contributed by atoms with Crippen LogP contribution in [0.15, 0.2) is 36.4 Å². The molecular formula is C19H16ClN3O3. The van der Waals surface area contributed by atoms with Gasteiger partial charge in [0.1, 0.15) is 11.5 Å². The normalized spacial score (nSPS) is 13.2. The fraction of sp³-hybridized carbons (Fsp3) is 0.158. The smallest absolute Gasteiger partial charge is 0.221 e. The molecule has 4 rings (SSSR count). The maximum atomic E-state index is 10.3. The van der Waals surface area contributed by atoms with Gasteiger partial charge < -0.3 is 20.3 Å². The van der Waals surface area contributed by atoms with Crippen LogP contribution < -0.4 is 10.5 Å². The summed E-state index contributed by atoms with van der Waals surface area (Å²) in [5, 5.41) is 10.8. The topological polar surface area (TPSA) is 90.5 Å². The molecule has 3 aromatic rings. The summed E-state index contributed by atoms with van der Waals surface area (Å²) in [6.45, 7) is 2.48. The number of anilines is 1. The molecule has 0 aliphatic carbocycles. The molecule has 1 aromatic heterocycles. The molecule has 132 valence electrons. The van der Waals surface area contributed by atoms with E-state index in [4.69, 9.17) is 26.8 Å². The summed E-state index contributed by atoms with van der Waals surface area (Å²) < 4.78 is 11.0. The third kappa shape index (κ3) is 3.05. The first-order valence-electron chi connectivity index (χ1n) is 7.99. The average molecular weight is 370 g/mol. The summed E-state index contributed by atoms with van der Waals surface area (Å²) in [4.78, 5) is 8.59. The Hall–Kier alpha value is -2.83. The van der Waals surface area contributed by atoms with E-state index in [1.54, 1.807) is 30.3 Å². The van der Waals surface area contributed by atoms with Gasteiger partial charge in [-0.05, 0) is 42.8 Å². The second-order valence-electron chi connectivity index (χ2n) is 6.07. The molecule has 0 amide bonds. The lowest BCUT2D eigenvalue weighted by atomic mass is 10.0. The third-order valence-electron chi connectivity index (χ3n) is 4.12. The van der Waals surface area contributed by atoms with Crippen molar-refractivity contribution < 1.29 is 14.6 Å². The number of phenols is 1. The Balaban J connectivity index is 1.89. The Bertz CT molecular complexity index is 1010. The number of benzene rings is 2. The van der Waals surface area contributed by atoms with Crippen LogP contribution >= 0.6 is 11.6 Å². The zero-order valence-corrected chi connectivity index (χ0v) is 14.7. The minimum absolute atomic E-state index is 0.0956. The number of nitrogen functional groups attached to an aromatic ring is 1. The highest BCUT2D eigenvalue weighted by atomic mass is 35.5. The van der Waals surface area contributed by atoms with Gasteiger partial charge in [0.05, 0.1) is 18.0 Å². The monoisotopic (exact) mass is 369 g/mol. The quantitative estimate of drug-likeness (QED) is 0.711. The number of hydrogen-bond donors (Lipinski definition) is 2. The number of hydrogen-bond acceptors (Lipinski definition) is 6. The highest BCUT2D eigenvalue weighted by Gasteiger charge is 2.20. The Morgan fingerprint density at radius 3 is 2.62 bits per heavy atom. The van der Waals surface area contributed by atoms with E-state index < -0.39 is 0 Å². The van der Waals surface area contributed by atoms with Gasteiger partial charge in [-0.25, -0.2) is 9.97 Å². The van der Waals surface area contributed by atoms with E-state index in [-0.39, 0.29) is 18.5 Å². The molecular weight excluding hydrogens is 354 g/mol. The van der Waals surface area contributed by atoms with E-state index in [1.807, 2.05) is 13.0 Å². The molecule has 3 N–H and O–H groups in total. The van der Waals surface area contributed by atoms with Crippen molar-refractivity contribution in [3.63, 3.8) is 0 Å². The zero-order valence-electron chi connectivity index (χ0n) is 14.0. The van der Waals surface area contributed by atoms with Gasteiger partial charge in [-0.3, -0.25) is 0 Å². The summed E-state index contributed by atoms with van der Waals surface area (Å²) in [5.41, 5.74) is 10.1. The Kier molecular flexibility index (Phi) is 4.14. The molecule has 0 radical (unpaired) electrons. The van der Waals surface area contributed by atoms with Gasteiger partial charge in [-0.15, -0.1) is 0 Å². The number of halogens is 1. The van der Waals surface area contributed by atoms with Crippen molar-refractivity contribution in [1.82, 2.24) is 9.97 Å². The SMILES string of the molecule is Cc1ccc(-c2cc(-c3cc(Cl)cc4c3OCOC4)nc(N)n2)c(O)c1. The summed E-state index contributed by atoms with van der Waals surface area (Å²) in [5.74, 6) is 0.892. The van der Waals surface area contributed by atoms with Crippen LogP contribution in [-0.2, 0) is 11.3 Å². The molecule has 1 aliphatic heterocycles. The van der Waals surface area contributed by atoms with Gasteiger partial charge in [0, 0.05) is 21.7 Å². The number of phenolic OH excluding ortho intramolecular Hbond substituents is 1. The highest BCUT2D eigenvalue weighted by Crippen LogP contribution is 2.39. The number of rotatable bonds is 2. The van der Waals surface area contributed by atoms with E-state index in [0.29, 0.717) is 39.9 Å². The van der Waals surface area contributed by atoms with E-state index in [2.05, 4.69) is 9.97 Å². The van der Waals surface area contributed by atoms with Crippen molar-refractivity contribution in [3.05, 3.63) is 52.5 Å². The minimum Gasteiger partial charge on any atom is -0.507 e. The van der Waals surface area contributed by atoms with Crippen molar-refractivity contribution in [2.24, 2.45) is 0 Å². The van der Waals surface area contributed by atoms with Crippen molar-refractivity contribution in [3.8, 4) is 34.0 Å². The fourth-order valence-electron chi connectivity index (χ4n) is 2.97. The lowest BCUT2D eigenvalue weighted by molar-refractivity contribution is -0.0159. The molecule has 26 heavy (non-hydrogen) atoms. The second-order valence-corrected chi connectivity index (χ2v) is 6.51. The van der Waals surface area contributed by atoms with Crippen LogP contribution in [0.4, 0.5) is 5.95 Å². The Labute approximate surface area is 155 Å². The Morgan fingerprint density at radius 2 is 1.85 bits per heavy atom. The predicted molar refractivity (Wildman–Crippen MR) is 99.0 cm³/mol. The largest absolute Gasteiger partial charge is 0.507 e. The number of fused-ring (bicyclic) bond motifs is 1. The molecule has 0 bridgehead atoms. The molecule has 2 aromatic carbocycles. The van der Waals surface area contributed by atoms with E-state index >= 15 is 0 Å². The van der Waals surface area contributed by atoms with Gasteiger partial charge in [0.2, 0.25) is 5.95 Å². The zero-order chi connectivity index (χ0) is 18.3.